The molecule has 0 spiro atoms. The van der Waals surface area contributed by atoms with Gasteiger partial charge in [-0.15, -0.1) is 5.10 Å². The molecular weight excluding hydrogens is 392 g/mol. The average molecular weight is 410 g/mol. The zero-order chi connectivity index (χ0) is 20.2. The summed E-state index contributed by atoms with van der Waals surface area (Å²) in [5.74, 6) is 2.71. The number of tetrazole rings is 1. The Bertz CT molecular complexity index is 1130. The van der Waals surface area contributed by atoms with Gasteiger partial charge in [0.15, 0.2) is 0 Å². The van der Waals surface area contributed by atoms with E-state index < -0.39 is 0 Å². The highest BCUT2D eigenvalue weighted by atomic mass is 32.2. The molecule has 0 unspecified atom stereocenters. The van der Waals surface area contributed by atoms with Gasteiger partial charge in [0.05, 0.1) is 25.5 Å². The molecule has 0 bridgehead atoms. The average Bonchev–Trinajstić information content (AvgIpc) is 3.41. The normalized spacial score (nSPS) is 10.9. The summed E-state index contributed by atoms with van der Waals surface area (Å²) in [6, 6.07) is 13.3. The van der Waals surface area contributed by atoms with Crippen molar-refractivity contribution in [3.8, 4) is 28.6 Å². The summed E-state index contributed by atoms with van der Waals surface area (Å²) in [6.07, 6.45) is 0. The minimum atomic E-state index is 0.413. The second kappa shape index (κ2) is 8.31. The predicted octanol–water partition coefficient (Wildman–Crippen LogP) is 3.33. The fourth-order valence-electron chi connectivity index (χ4n) is 2.76. The molecule has 0 amide bonds. The van der Waals surface area contributed by atoms with Crippen LogP contribution in [0.1, 0.15) is 11.5 Å². The van der Waals surface area contributed by atoms with Crippen LogP contribution in [0.5, 0.6) is 11.5 Å². The zero-order valence-electron chi connectivity index (χ0n) is 16.1. The lowest BCUT2D eigenvalue weighted by atomic mass is 10.2. The first-order valence-electron chi connectivity index (χ1n) is 8.71. The van der Waals surface area contributed by atoms with E-state index >= 15 is 0 Å². The van der Waals surface area contributed by atoms with Crippen LogP contribution in [0.3, 0.4) is 0 Å². The molecule has 4 aromatic rings. The van der Waals surface area contributed by atoms with Crippen molar-refractivity contribution in [3.05, 3.63) is 53.9 Å². The lowest BCUT2D eigenvalue weighted by molar-refractivity contribution is 0.390. The molecule has 0 fully saturated rings. The first-order valence-corrected chi connectivity index (χ1v) is 9.70. The van der Waals surface area contributed by atoms with E-state index in [2.05, 4.69) is 25.7 Å². The number of para-hydroxylation sites is 1. The van der Waals surface area contributed by atoms with Gasteiger partial charge >= 0.3 is 0 Å². The van der Waals surface area contributed by atoms with Gasteiger partial charge < -0.3 is 14.0 Å². The van der Waals surface area contributed by atoms with Crippen LogP contribution in [-0.4, -0.2) is 44.6 Å². The van der Waals surface area contributed by atoms with E-state index in [1.165, 1.54) is 11.8 Å². The van der Waals surface area contributed by atoms with Crippen molar-refractivity contribution in [2.75, 3.05) is 14.2 Å². The van der Waals surface area contributed by atoms with E-state index in [4.69, 9.17) is 14.0 Å². The molecule has 0 aliphatic heterocycles. The number of hydrogen-bond donors (Lipinski definition) is 0. The maximum Gasteiger partial charge on any atom is 0.237 e. The number of thioether (sulfide) groups is 1. The van der Waals surface area contributed by atoms with E-state index in [-0.39, 0.29) is 0 Å². The number of nitrogens with zero attached hydrogens (tertiary/aromatic N) is 6. The topological polar surface area (TPSA) is 101 Å². The van der Waals surface area contributed by atoms with Gasteiger partial charge in [-0.05, 0) is 47.2 Å². The van der Waals surface area contributed by atoms with E-state index in [1.54, 1.807) is 18.9 Å². The zero-order valence-corrected chi connectivity index (χ0v) is 16.9. The number of benzene rings is 2. The van der Waals surface area contributed by atoms with Gasteiger partial charge in [0.25, 0.3) is 0 Å². The van der Waals surface area contributed by atoms with Gasteiger partial charge in [-0.1, -0.05) is 35.1 Å². The van der Waals surface area contributed by atoms with E-state index in [0.29, 0.717) is 34.1 Å². The number of aryl methyl sites for hydroxylation is 1. The smallest absolute Gasteiger partial charge is 0.237 e. The predicted molar refractivity (Wildman–Crippen MR) is 106 cm³/mol. The standard InChI is InChI=1S/C19H18N6O3S/c1-12-8-9-16(27-3)14(10-12)25-19(21-23-24-25)29-11-17-20-18(22-28-17)13-6-4-5-7-15(13)26-2/h4-10H,11H2,1-3H3. The van der Waals surface area contributed by atoms with Crippen molar-refractivity contribution in [2.45, 2.75) is 17.8 Å². The quantitative estimate of drug-likeness (QED) is 0.425. The summed E-state index contributed by atoms with van der Waals surface area (Å²) >= 11 is 1.39. The highest BCUT2D eigenvalue weighted by Crippen LogP contribution is 2.30. The molecule has 0 N–H and O–H groups in total. The van der Waals surface area contributed by atoms with Gasteiger partial charge in [-0.2, -0.15) is 9.67 Å². The number of aromatic nitrogens is 6. The molecular formula is C19H18N6O3S. The molecule has 0 radical (unpaired) electrons. The molecule has 0 saturated heterocycles. The Kier molecular flexibility index (Phi) is 5.43. The summed E-state index contributed by atoms with van der Waals surface area (Å²) in [6.45, 7) is 2.00. The molecule has 2 aromatic carbocycles. The van der Waals surface area contributed by atoms with E-state index in [0.717, 1.165) is 16.8 Å². The van der Waals surface area contributed by atoms with Gasteiger partial charge in [0.1, 0.15) is 17.2 Å². The second-order valence-corrected chi connectivity index (χ2v) is 6.99. The summed E-state index contributed by atoms with van der Waals surface area (Å²) in [5, 5.41) is 16.6. The first kappa shape index (κ1) is 18.9. The third kappa shape index (κ3) is 3.92. The SMILES string of the molecule is COc1ccccc1-c1noc(CSc2nnnn2-c2cc(C)ccc2OC)n1. The van der Waals surface area contributed by atoms with Crippen LogP contribution in [0.25, 0.3) is 17.1 Å². The molecule has 9 nitrogen and oxygen atoms in total. The highest BCUT2D eigenvalue weighted by Gasteiger charge is 2.17. The number of rotatable bonds is 7. The van der Waals surface area contributed by atoms with Crippen molar-refractivity contribution in [3.63, 3.8) is 0 Å². The van der Waals surface area contributed by atoms with Crippen LogP contribution in [0.4, 0.5) is 0 Å². The second-order valence-electron chi connectivity index (χ2n) is 6.05. The van der Waals surface area contributed by atoms with Crippen molar-refractivity contribution in [1.82, 2.24) is 30.3 Å². The third-order valence-electron chi connectivity index (χ3n) is 4.14. The minimum absolute atomic E-state index is 0.413. The van der Waals surface area contributed by atoms with Crippen molar-refractivity contribution in [1.29, 1.82) is 0 Å². The molecule has 0 aliphatic rings. The molecule has 0 saturated carbocycles. The maximum absolute atomic E-state index is 5.44. The van der Waals surface area contributed by atoms with Crippen LogP contribution in [0, 0.1) is 6.92 Å². The third-order valence-corrected chi connectivity index (χ3v) is 5.05. The van der Waals surface area contributed by atoms with Gasteiger partial charge in [-0.25, -0.2) is 0 Å². The molecule has 29 heavy (non-hydrogen) atoms. The van der Waals surface area contributed by atoms with Crippen LogP contribution in [0.2, 0.25) is 0 Å². The molecule has 4 rings (SSSR count). The van der Waals surface area contributed by atoms with Crippen LogP contribution in [-0.2, 0) is 5.75 Å². The van der Waals surface area contributed by atoms with Crippen molar-refractivity contribution < 1.29 is 14.0 Å². The number of hydrogen-bond acceptors (Lipinski definition) is 9. The lowest BCUT2D eigenvalue weighted by Gasteiger charge is -2.09. The van der Waals surface area contributed by atoms with Crippen LogP contribution < -0.4 is 9.47 Å². The van der Waals surface area contributed by atoms with Crippen LogP contribution >= 0.6 is 11.8 Å². The highest BCUT2D eigenvalue weighted by molar-refractivity contribution is 7.98. The Morgan fingerprint density at radius 1 is 1.07 bits per heavy atom. The minimum Gasteiger partial charge on any atom is -0.496 e. The fraction of sp³-hybridized carbons (Fsp3) is 0.211. The summed E-state index contributed by atoms with van der Waals surface area (Å²) in [4.78, 5) is 4.46. The molecule has 2 heterocycles. The number of ether oxygens (including phenoxy) is 2. The Balaban J connectivity index is 1.54. The maximum atomic E-state index is 5.44. The molecule has 2 aromatic heterocycles. The molecule has 10 heteroatoms. The van der Waals surface area contributed by atoms with E-state index in [9.17, 15) is 0 Å². The van der Waals surface area contributed by atoms with Crippen molar-refractivity contribution >= 4 is 11.8 Å². The van der Waals surface area contributed by atoms with Crippen molar-refractivity contribution in [2.24, 2.45) is 0 Å². The Morgan fingerprint density at radius 3 is 2.72 bits per heavy atom. The summed E-state index contributed by atoms with van der Waals surface area (Å²) in [7, 11) is 3.22. The number of methoxy groups -OCH3 is 2. The fourth-order valence-corrected chi connectivity index (χ4v) is 3.49. The van der Waals surface area contributed by atoms with Crippen LogP contribution in [0.15, 0.2) is 52.1 Å². The first-order chi connectivity index (χ1) is 14.2. The van der Waals surface area contributed by atoms with Gasteiger partial charge in [-0.3, -0.25) is 0 Å². The Labute approximate surface area is 171 Å². The largest absolute Gasteiger partial charge is 0.496 e. The van der Waals surface area contributed by atoms with Gasteiger partial charge in [0.2, 0.25) is 16.9 Å². The van der Waals surface area contributed by atoms with Gasteiger partial charge in [0, 0.05) is 0 Å². The lowest BCUT2D eigenvalue weighted by Crippen LogP contribution is -2.02. The summed E-state index contributed by atoms with van der Waals surface area (Å²) in [5.41, 5.74) is 2.61. The monoisotopic (exact) mass is 410 g/mol. The molecule has 0 aliphatic carbocycles. The Morgan fingerprint density at radius 2 is 1.90 bits per heavy atom. The molecule has 148 valence electrons. The molecule has 0 atom stereocenters. The van der Waals surface area contributed by atoms with E-state index in [1.807, 2.05) is 49.4 Å². The Hall–Kier alpha value is -3.40. The summed E-state index contributed by atoms with van der Waals surface area (Å²) < 4.78 is 17.8.